The molecule has 158 valence electrons. The maximum absolute atomic E-state index is 12.4. The molecule has 3 aliphatic heterocycles. The van der Waals surface area contributed by atoms with Gasteiger partial charge in [0, 0.05) is 18.2 Å². The van der Waals surface area contributed by atoms with Crippen LogP contribution in [0.15, 0.2) is 15.8 Å². The van der Waals surface area contributed by atoms with Crippen molar-refractivity contribution < 1.29 is 27.8 Å². The maximum Gasteiger partial charge on any atom is 0.332 e. The van der Waals surface area contributed by atoms with Gasteiger partial charge in [0.1, 0.15) is 18.3 Å². The van der Waals surface area contributed by atoms with E-state index in [-0.39, 0.29) is 32.7 Å². The molecule has 0 radical (unpaired) electrons. The first kappa shape index (κ1) is 20.6. The molecule has 2 fully saturated rings. The van der Waals surface area contributed by atoms with E-state index in [1.54, 1.807) is 13.8 Å². The average Bonchev–Trinajstić information content (AvgIpc) is 3.13. The summed E-state index contributed by atoms with van der Waals surface area (Å²) in [5, 5.41) is 8.69. The summed E-state index contributed by atoms with van der Waals surface area (Å²) in [6.07, 6.45) is -0.423. The summed E-state index contributed by atoms with van der Waals surface area (Å²) in [5.74, 6) is -0.855. The van der Waals surface area contributed by atoms with Gasteiger partial charge in [0.05, 0.1) is 32.3 Å². The van der Waals surface area contributed by atoms with Crippen molar-refractivity contribution in [3.8, 4) is 6.07 Å². The zero-order valence-corrected chi connectivity index (χ0v) is 16.9. The summed E-state index contributed by atoms with van der Waals surface area (Å²) in [4.78, 5) is 26.9. The van der Waals surface area contributed by atoms with E-state index in [0.717, 1.165) is 0 Å². The lowest BCUT2D eigenvalue weighted by atomic mass is 10.1. The summed E-state index contributed by atoms with van der Waals surface area (Å²) in [5.41, 5.74) is -0.714. The molecular weight excluding hydrogens is 405 g/mol. The van der Waals surface area contributed by atoms with Crippen LogP contribution in [0.5, 0.6) is 0 Å². The third kappa shape index (κ3) is 4.29. The highest BCUT2D eigenvalue weighted by molar-refractivity contribution is 7.41. The van der Waals surface area contributed by atoms with E-state index < -0.39 is 50.2 Å². The molecule has 29 heavy (non-hydrogen) atoms. The van der Waals surface area contributed by atoms with Crippen molar-refractivity contribution in [3.05, 3.63) is 32.6 Å². The van der Waals surface area contributed by atoms with Crippen LogP contribution in [0.2, 0.25) is 0 Å². The van der Waals surface area contributed by atoms with Gasteiger partial charge in [-0.1, -0.05) is 0 Å². The van der Waals surface area contributed by atoms with Crippen molar-refractivity contribution in [3.63, 3.8) is 0 Å². The minimum Gasteiger partial charge on any atom is -0.346 e. The Hall–Kier alpha value is -1.64. The minimum atomic E-state index is -1.74. The van der Waals surface area contributed by atoms with Crippen molar-refractivity contribution in [2.45, 2.75) is 57.0 Å². The molecule has 4 bridgehead atoms. The Kier molecular flexibility index (Phi) is 5.86. The lowest BCUT2D eigenvalue weighted by molar-refractivity contribution is -0.200. The second kappa shape index (κ2) is 8.24. The third-order valence-electron chi connectivity index (χ3n) is 4.76. The first-order valence-electron chi connectivity index (χ1n) is 9.29. The summed E-state index contributed by atoms with van der Waals surface area (Å²) in [6.45, 7) is 3.99. The molecule has 1 aromatic heterocycles. The number of aromatic amines is 1. The SMILES string of the molecule is CC1(C)O[C@@H]2[C@H](O1)[C@H]1COP(OCCC#N)OCCc3cn(c(=O)[nH]c3=O)[C@@H]2O1. The molecule has 5 atom stereocenters. The van der Waals surface area contributed by atoms with Crippen molar-refractivity contribution in [2.75, 3.05) is 19.8 Å². The van der Waals surface area contributed by atoms with Gasteiger partial charge in [0.2, 0.25) is 0 Å². The van der Waals surface area contributed by atoms with Gasteiger partial charge < -0.3 is 27.8 Å². The molecule has 1 N–H and O–H groups in total. The van der Waals surface area contributed by atoms with Crippen LogP contribution < -0.4 is 11.2 Å². The molecule has 11 nitrogen and oxygen atoms in total. The van der Waals surface area contributed by atoms with E-state index in [1.807, 2.05) is 6.07 Å². The van der Waals surface area contributed by atoms with Gasteiger partial charge >= 0.3 is 14.3 Å². The van der Waals surface area contributed by atoms with E-state index >= 15 is 0 Å². The van der Waals surface area contributed by atoms with Crippen LogP contribution in [0.3, 0.4) is 0 Å². The van der Waals surface area contributed by atoms with E-state index in [9.17, 15) is 9.59 Å². The highest BCUT2D eigenvalue weighted by atomic mass is 31.2. The first-order chi connectivity index (χ1) is 13.9. The molecule has 4 heterocycles. The Morgan fingerprint density at radius 2 is 2.14 bits per heavy atom. The summed E-state index contributed by atoms with van der Waals surface area (Å²) >= 11 is 0. The van der Waals surface area contributed by atoms with E-state index in [0.29, 0.717) is 5.56 Å². The smallest absolute Gasteiger partial charge is 0.332 e. The van der Waals surface area contributed by atoms with Crippen molar-refractivity contribution in [1.29, 1.82) is 5.26 Å². The molecule has 0 aliphatic carbocycles. The largest absolute Gasteiger partial charge is 0.346 e. The molecule has 0 saturated carbocycles. The van der Waals surface area contributed by atoms with Gasteiger partial charge in [0.25, 0.3) is 5.56 Å². The second-order valence-electron chi connectivity index (χ2n) is 7.29. The van der Waals surface area contributed by atoms with Crippen LogP contribution >= 0.6 is 8.60 Å². The normalized spacial score (nSPS) is 33.3. The third-order valence-corrected chi connectivity index (χ3v) is 5.91. The predicted molar refractivity (Wildman–Crippen MR) is 97.8 cm³/mol. The Morgan fingerprint density at radius 3 is 2.93 bits per heavy atom. The van der Waals surface area contributed by atoms with Gasteiger partial charge in [-0.15, -0.1) is 0 Å². The fourth-order valence-corrected chi connectivity index (χ4v) is 4.53. The minimum absolute atomic E-state index is 0.0975. The number of hydrogen-bond donors (Lipinski definition) is 1. The number of hydrogen-bond acceptors (Lipinski definition) is 9. The highest BCUT2D eigenvalue weighted by Gasteiger charge is 2.56. The molecule has 0 aromatic carbocycles. The molecule has 0 amide bonds. The molecular formula is C17H22N3O8P. The number of aromatic nitrogens is 2. The molecule has 12 heteroatoms. The van der Waals surface area contributed by atoms with Crippen LogP contribution in [-0.4, -0.2) is 53.5 Å². The number of nitrogens with one attached hydrogen (secondary N) is 1. The lowest BCUT2D eigenvalue weighted by Crippen LogP contribution is -2.38. The van der Waals surface area contributed by atoms with Crippen molar-refractivity contribution in [2.24, 2.45) is 0 Å². The number of H-pyrrole nitrogens is 1. The molecule has 3 aliphatic rings. The summed E-state index contributed by atoms with van der Waals surface area (Å²) < 4.78 is 36.3. The molecule has 1 aromatic rings. The van der Waals surface area contributed by atoms with Crippen LogP contribution in [0.4, 0.5) is 0 Å². The number of nitriles is 1. The van der Waals surface area contributed by atoms with Crippen molar-refractivity contribution in [1.82, 2.24) is 9.55 Å². The van der Waals surface area contributed by atoms with Crippen LogP contribution in [0.25, 0.3) is 0 Å². The number of ether oxygens (including phenoxy) is 3. The summed E-state index contributed by atoms with van der Waals surface area (Å²) in [6, 6.07) is 1.99. The van der Waals surface area contributed by atoms with E-state index in [1.165, 1.54) is 10.8 Å². The fourth-order valence-electron chi connectivity index (χ4n) is 3.55. The Labute approximate surface area is 167 Å². The number of rotatable bonds is 3. The summed E-state index contributed by atoms with van der Waals surface area (Å²) in [7, 11) is -1.74. The van der Waals surface area contributed by atoms with Gasteiger partial charge in [0.15, 0.2) is 12.0 Å². The number of nitrogens with zero attached hydrogens (tertiary/aromatic N) is 2. The quantitative estimate of drug-likeness (QED) is 0.546. The zero-order valence-electron chi connectivity index (χ0n) is 16.0. The second-order valence-corrected chi connectivity index (χ2v) is 8.52. The van der Waals surface area contributed by atoms with Crippen LogP contribution in [0, 0.1) is 11.3 Å². The predicted octanol–water partition coefficient (Wildman–Crippen LogP) is 0.701. The Morgan fingerprint density at radius 1 is 1.34 bits per heavy atom. The zero-order chi connectivity index (χ0) is 20.6. The Balaban J connectivity index is 1.66. The number of fused-ring (bicyclic) bond motifs is 8. The first-order valence-corrected chi connectivity index (χ1v) is 10.4. The molecule has 0 spiro atoms. The van der Waals surface area contributed by atoms with Gasteiger partial charge in [-0.2, -0.15) is 5.26 Å². The monoisotopic (exact) mass is 427 g/mol. The van der Waals surface area contributed by atoms with Crippen LogP contribution in [0.1, 0.15) is 32.1 Å². The van der Waals surface area contributed by atoms with Gasteiger partial charge in [-0.05, 0) is 13.8 Å². The van der Waals surface area contributed by atoms with E-state index in [4.69, 9.17) is 33.0 Å². The van der Waals surface area contributed by atoms with Gasteiger partial charge in [-0.3, -0.25) is 14.3 Å². The maximum atomic E-state index is 12.4. The van der Waals surface area contributed by atoms with Gasteiger partial charge in [-0.25, -0.2) is 4.79 Å². The fraction of sp³-hybridized carbons (Fsp3) is 0.706. The van der Waals surface area contributed by atoms with Crippen LogP contribution in [-0.2, 0) is 34.2 Å². The standard InChI is InChI=1S/C17H22N3O8P/c1-17(2)27-12-11-9-25-29(23-6-3-5-18)24-7-4-10-8-20(16(22)19-14(10)21)15(26-11)13(12)28-17/h8,11-13,15H,3-4,6-7,9H2,1-2H3,(H,19,21,22)/t11-,12-,13-,15-,29?/m1/s1. The lowest BCUT2D eigenvalue weighted by Gasteiger charge is -2.26. The Bertz CT molecular complexity index is 909. The molecule has 1 unspecified atom stereocenters. The molecule has 2 saturated heterocycles. The average molecular weight is 427 g/mol. The molecule has 4 rings (SSSR count). The highest BCUT2D eigenvalue weighted by Crippen LogP contribution is 2.45. The topological polar surface area (TPSA) is 134 Å². The van der Waals surface area contributed by atoms with E-state index in [2.05, 4.69) is 4.98 Å². The van der Waals surface area contributed by atoms with Crippen molar-refractivity contribution >= 4 is 8.60 Å².